The highest BCUT2D eigenvalue weighted by Gasteiger charge is 2.24. The molecule has 3 nitrogen and oxygen atoms in total. The van der Waals surface area contributed by atoms with Crippen molar-refractivity contribution in [2.75, 3.05) is 5.73 Å². The number of aryl methyl sites for hydroxylation is 1. The van der Waals surface area contributed by atoms with Crippen LogP contribution in [0.25, 0.3) is 22.0 Å². The van der Waals surface area contributed by atoms with Crippen molar-refractivity contribution in [3.8, 4) is 11.1 Å². The third-order valence-electron chi connectivity index (χ3n) is 5.53. The highest BCUT2D eigenvalue weighted by molar-refractivity contribution is 6.02. The smallest absolute Gasteiger partial charge is 0.133 e. The van der Waals surface area contributed by atoms with E-state index in [9.17, 15) is 0 Å². The second kappa shape index (κ2) is 6.03. The Morgan fingerprint density at radius 1 is 0.962 bits per heavy atom. The summed E-state index contributed by atoms with van der Waals surface area (Å²) < 4.78 is 2.41. The molecule has 5 rings (SSSR count). The maximum absolute atomic E-state index is 6.31. The van der Waals surface area contributed by atoms with Crippen molar-refractivity contribution < 1.29 is 0 Å². The summed E-state index contributed by atoms with van der Waals surface area (Å²) in [7, 11) is 0. The summed E-state index contributed by atoms with van der Waals surface area (Å²) in [6, 6.07) is 21.7. The first-order chi connectivity index (χ1) is 12.8. The van der Waals surface area contributed by atoms with Crippen LogP contribution in [0.4, 0.5) is 5.82 Å². The van der Waals surface area contributed by atoms with Crippen molar-refractivity contribution in [3.63, 3.8) is 0 Å². The molecular weight excluding hydrogens is 318 g/mol. The molecule has 0 saturated carbocycles. The number of nitrogens with zero attached hydrogens (tertiary/aromatic N) is 2. The number of hydrogen-bond acceptors (Lipinski definition) is 2. The monoisotopic (exact) mass is 339 g/mol. The van der Waals surface area contributed by atoms with Gasteiger partial charge in [0.15, 0.2) is 0 Å². The number of nitrogens with two attached hydrogens (primary N) is 1. The fourth-order valence-corrected chi connectivity index (χ4v) is 4.34. The first kappa shape index (κ1) is 15.2. The van der Waals surface area contributed by atoms with Gasteiger partial charge in [-0.2, -0.15) is 0 Å². The largest absolute Gasteiger partial charge is 0.383 e. The first-order valence-electron chi connectivity index (χ1n) is 9.21. The predicted molar refractivity (Wildman–Crippen MR) is 107 cm³/mol. The van der Waals surface area contributed by atoms with Gasteiger partial charge in [-0.15, -0.1) is 0 Å². The Balaban J connectivity index is 1.77. The minimum Gasteiger partial charge on any atom is -0.383 e. The minimum atomic E-state index is 0.349. The van der Waals surface area contributed by atoms with Crippen molar-refractivity contribution in [3.05, 3.63) is 84.2 Å². The zero-order valence-electron chi connectivity index (χ0n) is 14.6. The fourth-order valence-electron chi connectivity index (χ4n) is 4.34. The van der Waals surface area contributed by atoms with E-state index in [0.717, 1.165) is 22.9 Å². The van der Waals surface area contributed by atoms with E-state index in [2.05, 4.69) is 70.3 Å². The van der Waals surface area contributed by atoms with Gasteiger partial charge in [0.2, 0.25) is 0 Å². The number of hydrogen-bond donors (Lipinski definition) is 1. The van der Waals surface area contributed by atoms with Crippen LogP contribution in [0, 0.1) is 0 Å². The maximum Gasteiger partial charge on any atom is 0.133 e. The topological polar surface area (TPSA) is 43.8 Å². The van der Waals surface area contributed by atoms with E-state index >= 15 is 0 Å². The van der Waals surface area contributed by atoms with E-state index in [-0.39, 0.29) is 0 Å². The highest BCUT2D eigenvalue weighted by Crippen LogP contribution is 2.40. The van der Waals surface area contributed by atoms with Crippen LogP contribution in [0.15, 0.2) is 73.1 Å². The zero-order valence-corrected chi connectivity index (χ0v) is 14.6. The predicted octanol–water partition coefficient (Wildman–Crippen LogP) is 5.21. The van der Waals surface area contributed by atoms with Gasteiger partial charge in [0, 0.05) is 23.3 Å². The van der Waals surface area contributed by atoms with Crippen LogP contribution in [0.1, 0.15) is 30.0 Å². The Hall–Kier alpha value is -3.07. The van der Waals surface area contributed by atoms with Crippen LogP contribution in [-0.4, -0.2) is 9.55 Å². The summed E-state index contributed by atoms with van der Waals surface area (Å²) in [5, 5.41) is 1.06. The Labute approximate surface area is 153 Å². The molecule has 3 heteroatoms. The average Bonchev–Trinajstić information content (AvgIpc) is 3.09. The lowest BCUT2D eigenvalue weighted by atomic mass is 9.87. The molecular formula is C23H21N3. The highest BCUT2D eigenvalue weighted by atomic mass is 15.0. The van der Waals surface area contributed by atoms with Gasteiger partial charge in [-0.3, -0.25) is 0 Å². The van der Waals surface area contributed by atoms with Crippen LogP contribution < -0.4 is 5.73 Å². The molecule has 26 heavy (non-hydrogen) atoms. The van der Waals surface area contributed by atoms with Gasteiger partial charge in [0.1, 0.15) is 5.82 Å². The molecule has 128 valence electrons. The van der Waals surface area contributed by atoms with Gasteiger partial charge >= 0.3 is 0 Å². The van der Waals surface area contributed by atoms with E-state index < -0.39 is 0 Å². The summed E-state index contributed by atoms with van der Waals surface area (Å²) >= 11 is 0. The quantitative estimate of drug-likeness (QED) is 0.545. The Kier molecular flexibility index (Phi) is 3.52. The summed E-state index contributed by atoms with van der Waals surface area (Å²) in [6.45, 7) is 0. The summed E-state index contributed by atoms with van der Waals surface area (Å²) in [5.41, 5.74) is 12.7. The second-order valence-electron chi connectivity index (χ2n) is 7.01. The number of benzene rings is 2. The van der Waals surface area contributed by atoms with E-state index in [0.29, 0.717) is 11.9 Å². The molecule has 2 aromatic heterocycles. The standard InChI is InChI=1S/C23H21N3/c24-23-22-19(17-7-2-1-3-8-17)15-26(21(22)13-14-25-23)20-12-6-10-16-9-4-5-11-18(16)20/h1-5,7-9,11,13-15,20H,6,10,12H2,(H2,24,25). The molecule has 0 spiro atoms. The molecule has 0 saturated heterocycles. The van der Waals surface area contributed by atoms with E-state index in [1.54, 1.807) is 0 Å². The molecule has 0 radical (unpaired) electrons. The van der Waals surface area contributed by atoms with E-state index in [4.69, 9.17) is 5.73 Å². The van der Waals surface area contributed by atoms with Crippen LogP contribution in [0.3, 0.4) is 0 Å². The van der Waals surface area contributed by atoms with Gasteiger partial charge in [-0.25, -0.2) is 4.98 Å². The van der Waals surface area contributed by atoms with Crippen LogP contribution >= 0.6 is 0 Å². The third-order valence-corrected chi connectivity index (χ3v) is 5.53. The van der Waals surface area contributed by atoms with Crippen LogP contribution in [-0.2, 0) is 6.42 Å². The third kappa shape index (κ3) is 2.31. The number of aromatic nitrogens is 2. The molecule has 1 unspecified atom stereocenters. The number of rotatable bonds is 2. The van der Waals surface area contributed by atoms with Gasteiger partial charge in [-0.05, 0) is 42.0 Å². The van der Waals surface area contributed by atoms with Gasteiger partial charge in [0.05, 0.1) is 11.6 Å². The lowest BCUT2D eigenvalue weighted by molar-refractivity contribution is 0.502. The van der Waals surface area contributed by atoms with E-state index in [1.807, 2.05) is 12.3 Å². The maximum atomic E-state index is 6.31. The average molecular weight is 339 g/mol. The van der Waals surface area contributed by atoms with Gasteiger partial charge in [0.25, 0.3) is 0 Å². The van der Waals surface area contributed by atoms with Crippen molar-refractivity contribution >= 4 is 16.7 Å². The number of fused-ring (bicyclic) bond motifs is 2. The molecule has 2 heterocycles. The fraction of sp³-hybridized carbons (Fsp3) is 0.174. The molecule has 0 aliphatic heterocycles. The summed E-state index contributed by atoms with van der Waals surface area (Å²) in [4.78, 5) is 4.36. The molecule has 2 aromatic carbocycles. The molecule has 2 N–H and O–H groups in total. The Bertz CT molecular complexity index is 1080. The molecule has 0 bridgehead atoms. The number of anilines is 1. The lowest BCUT2D eigenvalue weighted by Crippen LogP contribution is -2.16. The van der Waals surface area contributed by atoms with Gasteiger partial charge < -0.3 is 10.3 Å². The number of nitrogen functional groups attached to an aromatic ring is 1. The SMILES string of the molecule is Nc1nccc2c1c(-c1ccccc1)cn2C1CCCc2ccccc21. The zero-order chi connectivity index (χ0) is 17.5. The minimum absolute atomic E-state index is 0.349. The second-order valence-corrected chi connectivity index (χ2v) is 7.01. The molecule has 1 aliphatic carbocycles. The Morgan fingerprint density at radius 3 is 2.65 bits per heavy atom. The van der Waals surface area contributed by atoms with Crippen molar-refractivity contribution in [1.82, 2.24) is 9.55 Å². The van der Waals surface area contributed by atoms with Crippen LogP contribution in [0.2, 0.25) is 0 Å². The van der Waals surface area contributed by atoms with Crippen LogP contribution in [0.5, 0.6) is 0 Å². The number of pyridine rings is 1. The van der Waals surface area contributed by atoms with Crippen molar-refractivity contribution in [2.45, 2.75) is 25.3 Å². The molecule has 1 atom stereocenters. The Morgan fingerprint density at radius 2 is 1.77 bits per heavy atom. The summed E-state index contributed by atoms with van der Waals surface area (Å²) in [6.07, 6.45) is 7.61. The molecule has 0 amide bonds. The normalized spacial score (nSPS) is 16.5. The molecule has 4 aromatic rings. The van der Waals surface area contributed by atoms with Crippen molar-refractivity contribution in [1.29, 1.82) is 0 Å². The lowest BCUT2D eigenvalue weighted by Gasteiger charge is -2.27. The molecule has 0 fully saturated rings. The molecule has 1 aliphatic rings. The van der Waals surface area contributed by atoms with Gasteiger partial charge in [-0.1, -0.05) is 54.6 Å². The summed E-state index contributed by atoms with van der Waals surface area (Å²) in [5.74, 6) is 0.601. The van der Waals surface area contributed by atoms with E-state index in [1.165, 1.54) is 29.5 Å². The first-order valence-corrected chi connectivity index (χ1v) is 9.21. The van der Waals surface area contributed by atoms with Crippen molar-refractivity contribution in [2.24, 2.45) is 0 Å².